The number of rotatable bonds is 3. The lowest BCUT2D eigenvalue weighted by Gasteiger charge is -2.34. The molecule has 9 heteroatoms. The number of carbonyl (C=O) groups excluding carboxylic acids is 2. The van der Waals surface area contributed by atoms with Crippen LogP contribution < -0.4 is 5.73 Å². The van der Waals surface area contributed by atoms with Gasteiger partial charge in [0.1, 0.15) is 10.7 Å². The molecule has 2 N–H and O–H groups in total. The minimum absolute atomic E-state index is 0.131. The molecule has 2 amide bonds. The minimum atomic E-state index is -0.143. The Morgan fingerprint density at radius 3 is 2.12 bits per heavy atom. The summed E-state index contributed by atoms with van der Waals surface area (Å²) in [6.07, 6.45) is 0. The molecular formula is C16H16Cl2N4O2S. The summed E-state index contributed by atoms with van der Waals surface area (Å²) in [4.78, 5) is 32.6. The zero-order chi connectivity index (χ0) is 18.0. The Morgan fingerprint density at radius 1 is 1.04 bits per heavy atom. The average Bonchev–Trinajstić information content (AvgIpc) is 3.09. The molecular weight excluding hydrogens is 383 g/mol. The van der Waals surface area contributed by atoms with E-state index in [1.165, 1.54) is 11.3 Å². The minimum Gasteiger partial charge on any atom is -0.335 e. The van der Waals surface area contributed by atoms with Gasteiger partial charge < -0.3 is 15.5 Å². The summed E-state index contributed by atoms with van der Waals surface area (Å²) in [7, 11) is 0. The molecule has 0 atom stereocenters. The number of nitrogens with two attached hydrogens (primary N) is 1. The summed E-state index contributed by atoms with van der Waals surface area (Å²) in [5.41, 5.74) is 6.39. The van der Waals surface area contributed by atoms with Gasteiger partial charge in [-0.2, -0.15) is 0 Å². The van der Waals surface area contributed by atoms with Crippen LogP contribution in [0.3, 0.4) is 0 Å². The third kappa shape index (κ3) is 4.12. The number of halogens is 2. The van der Waals surface area contributed by atoms with Gasteiger partial charge in [0.2, 0.25) is 0 Å². The third-order valence-electron chi connectivity index (χ3n) is 3.91. The predicted octanol–water partition coefficient (Wildman–Crippen LogP) is 2.51. The van der Waals surface area contributed by atoms with Crippen LogP contribution in [-0.2, 0) is 6.54 Å². The van der Waals surface area contributed by atoms with Crippen molar-refractivity contribution in [2.75, 3.05) is 26.2 Å². The molecule has 0 saturated carbocycles. The summed E-state index contributed by atoms with van der Waals surface area (Å²) in [6.45, 7) is 2.12. The van der Waals surface area contributed by atoms with Crippen molar-refractivity contribution in [3.8, 4) is 0 Å². The Labute approximate surface area is 159 Å². The molecule has 3 rings (SSSR count). The molecule has 132 valence electrons. The fraction of sp³-hybridized carbons (Fsp3) is 0.312. The van der Waals surface area contributed by atoms with Crippen molar-refractivity contribution in [2.24, 2.45) is 5.73 Å². The quantitative estimate of drug-likeness (QED) is 0.860. The van der Waals surface area contributed by atoms with Gasteiger partial charge in [0, 0.05) is 53.7 Å². The third-order valence-corrected chi connectivity index (χ3v) is 5.22. The normalized spacial score (nSPS) is 14.7. The predicted molar refractivity (Wildman–Crippen MR) is 98.3 cm³/mol. The van der Waals surface area contributed by atoms with E-state index in [4.69, 9.17) is 28.9 Å². The van der Waals surface area contributed by atoms with Crippen LogP contribution in [0, 0.1) is 0 Å². The number of hydrogen-bond donors (Lipinski definition) is 1. The molecule has 0 radical (unpaired) electrons. The Hall–Kier alpha value is -1.67. The summed E-state index contributed by atoms with van der Waals surface area (Å²) >= 11 is 13.3. The molecule has 1 aromatic heterocycles. The first-order valence-electron chi connectivity index (χ1n) is 7.67. The largest absolute Gasteiger partial charge is 0.335 e. The molecule has 0 unspecified atom stereocenters. The first kappa shape index (κ1) is 18.1. The van der Waals surface area contributed by atoms with Crippen LogP contribution >= 0.6 is 34.5 Å². The monoisotopic (exact) mass is 398 g/mol. The lowest BCUT2D eigenvalue weighted by atomic mass is 10.1. The van der Waals surface area contributed by atoms with E-state index >= 15 is 0 Å². The van der Waals surface area contributed by atoms with Gasteiger partial charge in [-0.25, -0.2) is 4.98 Å². The number of thiazole rings is 1. The maximum Gasteiger partial charge on any atom is 0.273 e. The molecule has 1 saturated heterocycles. The summed E-state index contributed by atoms with van der Waals surface area (Å²) in [6, 6.07) is 4.77. The van der Waals surface area contributed by atoms with E-state index in [9.17, 15) is 9.59 Å². The van der Waals surface area contributed by atoms with Crippen molar-refractivity contribution in [1.82, 2.24) is 14.8 Å². The number of piperazine rings is 1. The highest BCUT2D eigenvalue weighted by atomic mass is 35.5. The van der Waals surface area contributed by atoms with Crippen molar-refractivity contribution in [3.05, 3.63) is 49.9 Å². The average molecular weight is 399 g/mol. The van der Waals surface area contributed by atoms with Crippen molar-refractivity contribution < 1.29 is 9.59 Å². The highest BCUT2D eigenvalue weighted by molar-refractivity contribution is 7.09. The maximum absolute atomic E-state index is 12.6. The molecule has 1 fully saturated rings. The molecule has 1 aliphatic rings. The lowest BCUT2D eigenvalue weighted by Crippen LogP contribution is -2.50. The summed E-state index contributed by atoms with van der Waals surface area (Å²) in [5.74, 6) is -0.274. The van der Waals surface area contributed by atoms with Crippen LogP contribution in [0.4, 0.5) is 0 Å². The van der Waals surface area contributed by atoms with Crippen molar-refractivity contribution in [2.45, 2.75) is 6.54 Å². The number of carbonyl (C=O) groups is 2. The smallest absolute Gasteiger partial charge is 0.273 e. The molecule has 0 aliphatic carbocycles. The topological polar surface area (TPSA) is 79.5 Å². The Morgan fingerprint density at radius 2 is 1.60 bits per heavy atom. The molecule has 25 heavy (non-hydrogen) atoms. The van der Waals surface area contributed by atoms with E-state index in [1.54, 1.807) is 33.4 Å². The molecule has 6 nitrogen and oxygen atoms in total. The molecule has 0 spiro atoms. The number of nitrogens with zero attached hydrogens (tertiary/aromatic N) is 3. The molecule has 0 bridgehead atoms. The number of amides is 2. The van der Waals surface area contributed by atoms with Gasteiger partial charge in [-0.05, 0) is 18.2 Å². The first-order chi connectivity index (χ1) is 12.0. The van der Waals surface area contributed by atoms with E-state index in [1.807, 2.05) is 0 Å². The molecule has 1 aromatic carbocycles. The van der Waals surface area contributed by atoms with Crippen LogP contribution in [0.5, 0.6) is 0 Å². The Balaban J connectivity index is 1.63. The molecule has 2 heterocycles. The summed E-state index contributed by atoms with van der Waals surface area (Å²) < 4.78 is 0. The van der Waals surface area contributed by atoms with Crippen LogP contribution in [0.2, 0.25) is 10.0 Å². The van der Waals surface area contributed by atoms with Crippen LogP contribution in [0.15, 0.2) is 23.6 Å². The highest BCUT2D eigenvalue weighted by Gasteiger charge is 2.26. The van der Waals surface area contributed by atoms with E-state index in [0.717, 1.165) is 5.01 Å². The number of hydrogen-bond acceptors (Lipinski definition) is 5. The lowest BCUT2D eigenvalue weighted by molar-refractivity contribution is 0.0532. The second-order valence-electron chi connectivity index (χ2n) is 5.57. The van der Waals surface area contributed by atoms with Crippen LogP contribution in [0.1, 0.15) is 25.9 Å². The van der Waals surface area contributed by atoms with E-state index in [0.29, 0.717) is 54.0 Å². The SMILES string of the molecule is NCc1nc(C(=O)N2CCN(C(=O)c3cc(Cl)cc(Cl)c3)CC2)cs1. The van der Waals surface area contributed by atoms with Crippen LogP contribution in [-0.4, -0.2) is 52.8 Å². The molecule has 1 aliphatic heterocycles. The van der Waals surface area contributed by atoms with Gasteiger partial charge in [0.25, 0.3) is 11.8 Å². The Kier molecular flexibility index (Phi) is 5.58. The van der Waals surface area contributed by atoms with Gasteiger partial charge >= 0.3 is 0 Å². The molecule has 2 aromatic rings. The van der Waals surface area contributed by atoms with Gasteiger partial charge in [-0.3, -0.25) is 9.59 Å². The number of benzene rings is 1. The van der Waals surface area contributed by atoms with E-state index < -0.39 is 0 Å². The fourth-order valence-electron chi connectivity index (χ4n) is 2.64. The van der Waals surface area contributed by atoms with Gasteiger partial charge in [0.05, 0.1) is 0 Å². The van der Waals surface area contributed by atoms with Gasteiger partial charge in [0.15, 0.2) is 0 Å². The summed E-state index contributed by atoms with van der Waals surface area (Å²) in [5, 5.41) is 3.29. The van der Waals surface area contributed by atoms with Gasteiger partial charge in [-0.1, -0.05) is 23.2 Å². The highest BCUT2D eigenvalue weighted by Crippen LogP contribution is 2.21. The fourth-order valence-corrected chi connectivity index (χ4v) is 3.81. The van der Waals surface area contributed by atoms with Crippen molar-refractivity contribution in [1.29, 1.82) is 0 Å². The zero-order valence-electron chi connectivity index (χ0n) is 13.2. The second-order valence-corrected chi connectivity index (χ2v) is 7.39. The maximum atomic E-state index is 12.6. The van der Waals surface area contributed by atoms with Crippen molar-refractivity contribution in [3.63, 3.8) is 0 Å². The van der Waals surface area contributed by atoms with E-state index in [-0.39, 0.29) is 11.8 Å². The number of aromatic nitrogens is 1. The standard InChI is InChI=1S/C16H16Cl2N4O2S/c17-11-5-10(6-12(18)7-11)15(23)21-1-3-22(4-2-21)16(24)13-9-25-14(8-19)20-13/h5-7,9H,1-4,8,19H2. The zero-order valence-corrected chi connectivity index (χ0v) is 15.6. The van der Waals surface area contributed by atoms with Crippen molar-refractivity contribution >= 4 is 46.4 Å². The van der Waals surface area contributed by atoms with Gasteiger partial charge in [-0.15, -0.1) is 11.3 Å². The second kappa shape index (κ2) is 7.70. The Bertz CT molecular complexity index is 783. The van der Waals surface area contributed by atoms with E-state index in [2.05, 4.69) is 4.98 Å². The first-order valence-corrected chi connectivity index (χ1v) is 9.30. The van der Waals surface area contributed by atoms with Crippen LogP contribution in [0.25, 0.3) is 0 Å².